The average molecular weight is 316 g/mol. The summed E-state index contributed by atoms with van der Waals surface area (Å²) in [6.07, 6.45) is -0.572. The molecule has 0 saturated carbocycles. The van der Waals surface area contributed by atoms with E-state index < -0.39 is 6.10 Å². The van der Waals surface area contributed by atoms with Gasteiger partial charge in [0.15, 0.2) is 0 Å². The lowest BCUT2D eigenvalue weighted by Gasteiger charge is -2.23. The molecule has 0 aliphatic heterocycles. The number of halogens is 1. The van der Waals surface area contributed by atoms with E-state index in [0.717, 1.165) is 13.1 Å². The molecule has 0 bridgehead atoms. The topological polar surface area (TPSA) is 67.6 Å². The van der Waals surface area contributed by atoms with Gasteiger partial charge < -0.3 is 20.7 Å². The normalized spacial score (nSPS) is 13.4. The van der Waals surface area contributed by atoms with Gasteiger partial charge in [0.1, 0.15) is 6.10 Å². The molecule has 0 saturated heterocycles. The highest BCUT2D eigenvalue weighted by atomic mass is 35.5. The second-order valence-electron chi connectivity index (χ2n) is 5.05. The standard InChI is InChI=1S/C15H25N3O2.ClH/c1-12(17-15(19)14(9-16)20-3)10-18(2)11-13-7-5-4-6-8-13;/h4-8,12,14H,9-11,16H2,1-3H3,(H,17,19);1H. The van der Waals surface area contributed by atoms with Gasteiger partial charge in [-0.1, -0.05) is 30.3 Å². The highest BCUT2D eigenvalue weighted by Crippen LogP contribution is 2.03. The van der Waals surface area contributed by atoms with Crippen LogP contribution in [0.15, 0.2) is 30.3 Å². The number of hydrogen-bond acceptors (Lipinski definition) is 4. The maximum Gasteiger partial charge on any atom is 0.250 e. The lowest BCUT2D eigenvalue weighted by Crippen LogP contribution is -2.47. The van der Waals surface area contributed by atoms with Crippen molar-refractivity contribution in [2.45, 2.75) is 25.6 Å². The number of nitrogens with zero attached hydrogens (tertiary/aromatic N) is 1. The molecule has 120 valence electrons. The van der Waals surface area contributed by atoms with E-state index in [4.69, 9.17) is 10.5 Å². The van der Waals surface area contributed by atoms with Crippen LogP contribution in [0.4, 0.5) is 0 Å². The quantitative estimate of drug-likeness (QED) is 0.751. The minimum atomic E-state index is -0.572. The molecule has 0 fully saturated rings. The fourth-order valence-electron chi connectivity index (χ4n) is 2.12. The zero-order chi connectivity index (χ0) is 15.0. The van der Waals surface area contributed by atoms with E-state index in [-0.39, 0.29) is 30.9 Å². The number of carbonyl (C=O) groups is 1. The number of nitrogens with two attached hydrogens (primary N) is 1. The first-order valence-corrected chi connectivity index (χ1v) is 6.82. The van der Waals surface area contributed by atoms with Crippen LogP contribution < -0.4 is 11.1 Å². The molecule has 1 aromatic carbocycles. The summed E-state index contributed by atoms with van der Waals surface area (Å²) < 4.78 is 5.01. The van der Waals surface area contributed by atoms with Crippen molar-refractivity contribution in [3.63, 3.8) is 0 Å². The van der Waals surface area contributed by atoms with Gasteiger partial charge in [-0.05, 0) is 19.5 Å². The van der Waals surface area contributed by atoms with E-state index in [2.05, 4.69) is 22.3 Å². The molecule has 1 rings (SSSR count). The molecule has 0 radical (unpaired) electrons. The summed E-state index contributed by atoms with van der Waals surface area (Å²) in [5.41, 5.74) is 6.72. The molecule has 5 nitrogen and oxygen atoms in total. The summed E-state index contributed by atoms with van der Waals surface area (Å²) in [6.45, 7) is 3.78. The fourth-order valence-corrected chi connectivity index (χ4v) is 2.12. The number of amides is 1. The van der Waals surface area contributed by atoms with Crippen molar-refractivity contribution in [3.8, 4) is 0 Å². The summed E-state index contributed by atoms with van der Waals surface area (Å²) in [5.74, 6) is -0.157. The molecule has 1 amide bonds. The molecule has 6 heteroatoms. The number of methoxy groups -OCH3 is 1. The Bertz CT molecular complexity index is 399. The Kier molecular flexibility index (Phi) is 9.99. The SMILES string of the molecule is COC(CN)C(=O)NC(C)CN(C)Cc1ccccc1.Cl. The number of hydrogen-bond donors (Lipinski definition) is 2. The largest absolute Gasteiger partial charge is 0.370 e. The number of nitrogens with one attached hydrogen (secondary N) is 1. The molecule has 21 heavy (non-hydrogen) atoms. The minimum absolute atomic E-state index is 0. The van der Waals surface area contributed by atoms with Gasteiger partial charge in [0.05, 0.1) is 0 Å². The number of rotatable bonds is 8. The summed E-state index contributed by atoms with van der Waals surface area (Å²) in [4.78, 5) is 14.0. The first-order chi connectivity index (χ1) is 9.56. The Hall–Kier alpha value is -1.14. The molecule has 0 aromatic heterocycles. The third kappa shape index (κ3) is 7.43. The van der Waals surface area contributed by atoms with Crippen LogP contribution in [0.3, 0.4) is 0 Å². The highest BCUT2D eigenvalue weighted by Gasteiger charge is 2.18. The molecule has 0 aliphatic rings. The molecule has 0 aliphatic carbocycles. The van der Waals surface area contributed by atoms with Crippen LogP contribution in [0.1, 0.15) is 12.5 Å². The molecular formula is C15H26ClN3O2. The maximum absolute atomic E-state index is 11.8. The van der Waals surface area contributed by atoms with Gasteiger partial charge in [0.2, 0.25) is 0 Å². The molecule has 0 spiro atoms. The second kappa shape index (κ2) is 10.6. The van der Waals surface area contributed by atoms with E-state index >= 15 is 0 Å². The third-order valence-corrected chi connectivity index (χ3v) is 3.06. The first-order valence-electron chi connectivity index (χ1n) is 6.82. The number of likely N-dealkylation sites (N-methyl/N-ethyl adjacent to an activating group) is 1. The Morgan fingerprint density at radius 2 is 2.00 bits per heavy atom. The van der Waals surface area contributed by atoms with Crippen molar-refractivity contribution >= 4 is 18.3 Å². The number of benzene rings is 1. The molecule has 1 aromatic rings. The fraction of sp³-hybridized carbons (Fsp3) is 0.533. The Labute approximate surface area is 133 Å². The minimum Gasteiger partial charge on any atom is -0.370 e. The average Bonchev–Trinajstić information content (AvgIpc) is 2.40. The Balaban J connectivity index is 0.00000400. The van der Waals surface area contributed by atoms with Gasteiger partial charge >= 0.3 is 0 Å². The van der Waals surface area contributed by atoms with Crippen LogP contribution >= 0.6 is 12.4 Å². The van der Waals surface area contributed by atoms with Crippen LogP contribution in [-0.4, -0.2) is 50.2 Å². The van der Waals surface area contributed by atoms with Crippen molar-refractivity contribution in [2.24, 2.45) is 5.73 Å². The predicted octanol–water partition coefficient (Wildman–Crippen LogP) is 1.02. The monoisotopic (exact) mass is 315 g/mol. The van der Waals surface area contributed by atoms with Gasteiger partial charge in [-0.2, -0.15) is 0 Å². The predicted molar refractivity (Wildman–Crippen MR) is 87.5 cm³/mol. The van der Waals surface area contributed by atoms with Crippen LogP contribution in [0, 0.1) is 0 Å². The second-order valence-corrected chi connectivity index (χ2v) is 5.05. The highest BCUT2D eigenvalue weighted by molar-refractivity contribution is 5.85. The molecule has 0 heterocycles. The molecule has 2 unspecified atom stereocenters. The summed E-state index contributed by atoms with van der Waals surface area (Å²) >= 11 is 0. The van der Waals surface area contributed by atoms with Crippen molar-refractivity contribution in [1.29, 1.82) is 0 Å². The van der Waals surface area contributed by atoms with Gasteiger partial charge in [-0.25, -0.2) is 0 Å². The van der Waals surface area contributed by atoms with Crippen molar-refractivity contribution in [1.82, 2.24) is 10.2 Å². The van der Waals surface area contributed by atoms with Gasteiger partial charge in [-0.3, -0.25) is 4.79 Å². The molecular weight excluding hydrogens is 290 g/mol. The summed E-state index contributed by atoms with van der Waals surface area (Å²) in [7, 11) is 3.52. The number of carbonyl (C=O) groups excluding carboxylic acids is 1. The van der Waals surface area contributed by atoms with Crippen molar-refractivity contribution in [2.75, 3.05) is 27.2 Å². The molecule has 2 atom stereocenters. The number of ether oxygens (including phenoxy) is 1. The van der Waals surface area contributed by atoms with E-state index in [9.17, 15) is 4.79 Å². The van der Waals surface area contributed by atoms with Crippen LogP contribution in [0.5, 0.6) is 0 Å². The van der Waals surface area contributed by atoms with Crippen molar-refractivity contribution in [3.05, 3.63) is 35.9 Å². The zero-order valence-corrected chi connectivity index (χ0v) is 13.7. The van der Waals surface area contributed by atoms with Crippen molar-refractivity contribution < 1.29 is 9.53 Å². The van der Waals surface area contributed by atoms with Crippen LogP contribution in [0.2, 0.25) is 0 Å². The summed E-state index contributed by atoms with van der Waals surface area (Å²) in [5, 5.41) is 2.91. The van der Waals surface area contributed by atoms with E-state index in [1.807, 2.05) is 32.2 Å². The van der Waals surface area contributed by atoms with Gasteiger partial charge in [0.25, 0.3) is 5.91 Å². The van der Waals surface area contributed by atoms with Gasteiger partial charge in [-0.15, -0.1) is 12.4 Å². The van der Waals surface area contributed by atoms with Gasteiger partial charge in [0, 0.05) is 32.8 Å². The Morgan fingerprint density at radius 1 is 1.38 bits per heavy atom. The maximum atomic E-state index is 11.8. The lowest BCUT2D eigenvalue weighted by molar-refractivity contribution is -0.131. The van der Waals surface area contributed by atoms with E-state index in [1.165, 1.54) is 12.7 Å². The van der Waals surface area contributed by atoms with Crippen LogP contribution in [-0.2, 0) is 16.1 Å². The first kappa shape index (κ1) is 19.9. The summed E-state index contributed by atoms with van der Waals surface area (Å²) in [6, 6.07) is 10.3. The van der Waals surface area contributed by atoms with Crippen LogP contribution in [0.25, 0.3) is 0 Å². The lowest BCUT2D eigenvalue weighted by atomic mass is 10.2. The van der Waals surface area contributed by atoms with E-state index in [0.29, 0.717) is 0 Å². The van der Waals surface area contributed by atoms with E-state index in [1.54, 1.807) is 0 Å². The molecule has 3 N–H and O–H groups in total. The zero-order valence-electron chi connectivity index (χ0n) is 12.9. The third-order valence-electron chi connectivity index (χ3n) is 3.06. The Morgan fingerprint density at radius 3 is 2.52 bits per heavy atom. The smallest absolute Gasteiger partial charge is 0.250 e.